The van der Waals surface area contributed by atoms with Gasteiger partial charge in [0, 0.05) is 17.3 Å². The number of carbonyl (C=O) groups is 1. The van der Waals surface area contributed by atoms with Crippen LogP contribution in [0.15, 0.2) is 12.1 Å². The molecule has 3 unspecified atom stereocenters. The van der Waals surface area contributed by atoms with Crippen LogP contribution in [0.5, 0.6) is 0 Å². The summed E-state index contributed by atoms with van der Waals surface area (Å²) in [5, 5.41) is 3.18. The summed E-state index contributed by atoms with van der Waals surface area (Å²) in [4.78, 5) is 16.8. The first-order valence-electron chi connectivity index (χ1n) is 8.00. The van der Waals surface area contributed by atoms with E-state index in [2.05, 4.69) is 24.1 Å². The second-order valence-electron chi connectivity index (χ2n) is 6.55. The first-order valence-corrected chi connectivity index (χ1v) is 8.00. The predicted molar refractivity (Wildman–Crippen MR) is 86.2 cm³/mol. The molecule has 3 atom stereocenters. The summed E-state index contributed by atoms with van der Waals surface area (Å²) in [5.41, 5.74) is 7.31. The molecular formula is C17H27N3O. The summed E-state index contributed by atoms with van der Waals surface area (Å²) in [6.45, 7) is 8.57. The molecule has 0 bridgehead atoms. The average molecular weight is 289 g/mol. The number of amides is 1. The first-order chi connectivity index (χ1) is 9.92. The number of aromatic nitrogens is 1. The molecule has 3 N–H and O–H groups in total. The second-order valence-corrected chi connectivity index (χ2v) is 6.55. The molecule has 0 aromatic carbocycles. The number of nitrogens with one attached hydrogen (secondary N) is 1. The van der Waals surface area contributed by atoms with Crippen LogP contribution in [0.4, 0.5) is 5.82 Å². The van der Waals surface area contributed by atoms with Gasteiger partial charge in [-0.05, 0) is 42.7 Å². The Balaban J connectivity index is 2.10. The number of rotatable bonds is 4. The summed E-state index contributed by atoms with van der Waals surface area (Å²) < 4.78 is 0. The summed E-state index contributed by atoms with van der Waals surface area (Å²) in [5.74, 6) is 1.92. The zero-order valence-corrected chi connectivity index (χ0v) is 13.5. The van der Waals surface area contributed by atoms with Crippen molar-refractivity contribution in [1.29, 1.82) is 0 Å². The summed E-state index contributed by atoms with van der Waals surface area (Å²) >= 11 is 0. The molecule has 1 aliphatic carbocycles. The van der Waals surface area contributed by atoms with Gasteiger partial charge in [-0.3, -0.25) is 4.79 Å². The Morgan fingerprint density at radius 1 is 1.43 bits per heavy atom. The Bertz CT molecular complexity index is 513. The van der Waals surface area contributed by atoms with E-state index in [0.29, 0.717) is 17.3 Å². The van der Waals surface area contributed by atoms with Crippen molar-refractivity contribution < 1.29 is 4.79 Å². The first kappa shape index (κ1) is 15.8. The highest BCUT2D eigenvalue weighted by atomic mass is 16.1. The zero-order chi connectivity index (χ0) is 15.6. The quantitative estimate of drug-likeness (QED) is 0.893. The minimum atomic E-state index is -0.0281. The SMILES string of the molecule is CCC1CCC(NC(=O)c2cc(N)nc(C(C)C)c2)C1C. The van der Waals surface area contributed by atoms with Crippen LogP contribution in [-0.2, 0) is 0 Å². The van der Waals surface area contributed by atoms with Crippen LogP contribution in [0.3, 0.4) is 0 Å². The highest BCUT2D eigenvalue weighted by molar-refractivity contribution is 5.95. The number of carbonyl (C=O) groups excluding carboxylic acids is 1. The van der Waals surface area contributed by atoms with Crippen molar-refractivity contribution in [3.05, 3.63) is 23.4 Å². The van der Waals surface area contributed by atoms with Gasteiger partial charge in [0.05, 0.1) is 0 Å². The third kappa shape index (κ3) is 3.55. The van der Waals surface area contributed by atoms with Crippen molar-refractivity contribution in [1.82, 2.24) is 10.3 Å². The van der Waals surface area contributed by atoms with E-state index in [1.807, 2.05) is 19.9 Å². The fraction of sp³-hybridized carbons (Fsp3) is 0.647. The van der Waals surface area contributed by atoms with Gasteiger partial charge in [0.2, 0.25) is 0 Å². The number of nitrogens with two attached hydrogens (primary N) is 1. The topological polar surface area (TPSA) is 68.0 Å². The Morgan fingerprint density at radius 2 is 2.14 bits per heavy atom. The van der Waals surface area contributed by atoms with E-state index in [1.165, 1.54) is 12.8 Å². The molecule has 1 amide bonds. The lowest BCUT2D eigenvalue weighted by molar-refractivity contribution is 0.0926. The highest BCUT2D eigenvalue weighted by Crippen LogP contribution is 2.34. The Hall–Kier alpha value is -1.58. The fourth-order valence-electron chi connectivity index (χ4n) is 3.28. The van der Waals surface area contributed by atoms with Crippen LogP contribution in [0.2, 0.25) is 0 Å². The lowest BCUT2D eigenvalue weighted by atomic mass is 9.93. The maximum Gasteiger partial charge on any atom is 0.251 e. The van der Waals surface area contributed by atoms with Gasteiger partial charge >= 0.3 is 0 Å². The van der Waals surface area contributed by atoms with Crippen molar-refractivity contribution >= 4 is 11.7 Å². The average Bonchev–Trinajstić information content (AvgIpc) is 2.78. The van der Waals surface area contributed by atoms with Crippen molar-refractivity contribution in [2.75, 3.05) is 5.73 Å². The lowest BCUT2D eigenvalue weighted by Crippen LogP contribution is -2.37. The van der Waals surface area contributed by atoms with E-state index in [-0.39, 0.29) is 17.9 Å². The molecule has 0 aliphatic heterocycles. The molecule has 0 radical (unpaired) electrons. The van der Waals surface area contributed by atoms with Crippen LogP contribution in [0.25, 0.3) is 0 Å². The molecule has 116 valence electrons. The van der Waals surface area contributed by atoms with Gasteiger partial charge in [-0.15, -0.1) is 0 Å². The third-order valence-corrected chi connectivity index (χ3v) is 4.79. The standard InChI is InChI=1S/C17H27N3O/c1-5-12-6-7-14(11(12)4)20-17(21)13-8-15(10(2)3)19-16(18)9-13/h8-12,14H,5-7H2,1-4H3,(H2,18,19)(H,20,21). The molecule has 0 spiro atoms. The molecular weight excluding hydrogens is 262 g/mol. The van der Waals surface area contributed by atoms with Crippen LogP contribution in [0, 0.1) is 11.8 Å². The van der Waals surface area contributed by atoms with E-state index in [9.17, 15) is 4.79 Å². The summed E-state index contributed by atoms with van der Waals surface area (Å²) in [7, 11) is 0. The van der Waals surface area contributed by atoms with Crippen LogP contribution < -0.4 is 11.1 Å². The second kappa shape index (κ2) is 6.46. The molecule has 4 nitrogen and oxygen atoms in total. The maximum absolute atomic E-state index is 12.5. The third-order valence-electron chi connectivity index (χ3n) is 4.79. The van der Waals surface area contributed by atoms with Crippen LogP contribution >= 0.6 is 0 Å². The van der Waals surface area contributed by atoms with Gasteiger partial charge in [-0.2, -0.15) is 0 Å². The van der Waals surface area contributed by atoms with Gasteiger partial charge < -0.3 is 11.1 Å². The van der Waals surface area contributed by atoms with Gasteiger partial charge in [-0.25, -0.2) is 4.98 Å². The minimum Gasteiger partial charge on any atom is -0.384 e. The van der Waals surface area contributed by atoms with E-state index < -0.39 is 0 Å². The van der Waals surface area contributed by atoms with Gasteiger partial charge in [-0.1, -0.05) is 34.1 Å². The zero-order valence-electron chi connectivity index (χ0n) is 13.5. The number of nitrogens with zero attached hydrogens (tertiary/aromatic N) is 1. The van der Waals surface area contributed by atoms with Gasteiger partial charge in [0.25, 0.3) is 5.91 Å². The number of pyridine rings is 1. The van der Waals surface area contributed by atoms with Crippen molar-refractivity contribution in [2.24, 2.45) is 11.8 Å². The van der Waals surface area contributed by atoms with E-state index in [4.69, 9.17) is 5.73 Å². The fourth-order valence-corrected chi connectivity index (χ4v) is 3.28. The van der Waals surface area contributed by atoms with Crippen LogP contribution in [-0.4, -0.2) is 16.9 Å². The lowest BCUT2D eigenvalue weighted by Gasteiger charge is -2.21. The van der Waals surface area contributed by atoms with Crippen molar-refractivity contribution in [2.45, 2.75) is 58.9 Å². The van der Waals surface area contributed by atoms with Crippen molar-refractivity contribution in [3.63, 3.8) is 0 Å². The Labute approximate surface area is 127 Å². The Morgan fingerprint density at radius 3 is 2.71 bits per heavy atom. The monoisotopic (exact) mass is 289 g/mol. The normalized spacial score (nSPS) is 25.3. The van der Waals surface area contributed by atoms with E-state index >= 15 is 0 Å². The molecule has 1 aromatic heterocycles. The molecule has 0 saturated heterocycles. The molecule has 1 heterocycles. The van der Waals surface area contributed by atoms with E-state index in [1.54, 1.807) is 6.07 Å². The largest absolute Gasteiger partial charge is 0.384 e. The molecule has 2 rings (SSSR count). The number of anilines is 1. The highest BCUT2D eigenvalue weighted by Gasteiger charge is 2.32. The maximum atomic E-state index is 12.5. The number of hydrogen-bond acceptors (Lipinski definition) is 3. The van der Waals surface area contributed by atoms with Gasteiger partial charge in [0.1, 0.15) is 5.82 Å². The van der Waals surface area contributed by atoms with Crippen LogP contribution in [0.1, 0.15) is 68.9 Å². The molecule has 1 saturated carbocycles. The molecule has 1 aliphatic rings. The number of hydrogen-bond donors (Lipinski definition) is 2. The number of nitrogen functional groups attached to an aromatic ring is 1. The molecule has 21 heavy (non-hydrogen) atoms. The van der Waals surface area contributed by atoms with Crippen molar-refractivity contribution in [3.8, 4) is 0 Å². The smallest absolute Gasteiger partial charge is 0.251 e. The summed E-state index contributed by atoms with van der Waals surface area (Å²) in [6, 6.07) is 3.80. The molecule has 1 fully saturated rings. The van der Waals surface area contributed by atoms with E-state index in [0.717, 1.165) is 18.0 Å². The predicted octanol–water partition coefficient (Wildman–Crippen LogP) is 3.34. The molecule has 1 aromatic rings. The Kier molecular flexibility index (Phi) is 4.86. The summed E-state index contributed by atoms with van der Waals surface area (Å²) in [6.07, 6.45) is 3.47. The minimum absolute atomic E-state index is 0.0281. The molecule has 4 heteroatoms. The van der Waals surface area contributed by atoms with Gasteiger partial charge in [0.15, 0.2) is 0 Å².